The van der Waals surface area contributed by atoms with Gasteiger partial charge in [0, 0.05) is 25.6 Å². The van der Waals surface area contributed by atoms with E-state index >= 15 is 0 Å². The Morgan fingerprint density at radius 3 is 2.00 bits per heavy atom. The van der Waals surface area contributed by atoms with Crippen LogP contribution >= 0.6 is 0 Å². The minimum Gasteiger partial charge on any atom is -0.356 e. The average molecular weight is 350 g/mol. The lowest BCUT2D eigenvalue weighted by atomic mass is 9.91. The van der Waals surface area contributed by atoms with Gasteiger partial charge in [0.15, 0.2) is 5.96 Å². The van der Waals surface area contributed by atoms with Crippen LogP contribution in [0, 0.1) is 0 Å². The summed E-state index contributed by atoms with van der Waals surface area (Å²) in [5.41, 5.74) is 2.67. The molecule has 3 rings (SSSR count). The molecule has 0 spiro atoms. The van der Waals surface area contributed by atoms with Gasteiger partial charge in [-0.15, -0.1) is 0 Å². The van der Waals surface area contributed by atoms with Crippen molar-refractivity contribution in [1.29, 1.82) is 0 Å². The van der Waals surface area contributed by atoms with E-state index in [0.29, 0.717) is 5.92 Å². The first-order valence-electron chi connectivity index (χ1n) is 10.1. The molecular formula is C23H31N3. The molecule has 0 atom stereocenters. The lowest BCUT2D eigenvalue weighted by Crippen LogP contribution is -2.40. The summed E-state index contributed by atoms with van der Waals surface area (Å²) >= 11 is 0. The summed E-state index contributed by atoms with van der Waals surface area (Å²) in [5, 5.41) is 7.11. The third kappa shape index (κ3) is 5.91. The molecule has 2 N–H and O–H groups in total. The van der Waals surface area contributed by atoms with Crippen molar-refractivity contribution in [1.82, 2.24) is 10.6 Å². The maximum Gasteiger partial charge on any atom is 0.191 e. The third-order valence-corrected chi connectivity index (χ3v) is 5.02. The molecule has 0 unspecified atom stereocenters. The monoisotopic (exact) mass is 349 g/mol. The summed E-state index contributed by atoms with van der Waals surface area (Å²) < 4.78 is 0. The topological polar surface area (TPSA) is 36.4 Å². The molecule has 0 saturated carbocycles. The number of nitrogens with zero attached hydrogens (tertiary/aromatic N) is 1. The Labute approximate surface area is 157 Å². The highest BCUT2D eigenvalue weighted by molar-refractivity contribution is 5.79. The van der Waals surface area contributed by atoms with E-state index in [4.69, 9.17) is 4.99 Å². The van der Waals surface area contributed by atoms with E-state index in [-0.39, 0.29) is 0 Å². The summed E-state index contributed by atoms with van der Waals surface area (Å²) in [4.78, 5) is 4.78. The van der Waals surface area contributed by atoms with Crippen LogP contribution in [0.4, 0.5) is 0 Å². The van der Waals surface area contributed by atoms with Crippen molar-refractivity contribution in [2.24, 2.45) is 4.99 Å². The lowest BCUT2D eigenvalue weighted by Gasteiger charge is -2.21. The van der Waals surface area contributed by atoms with Gasteiger partial charge in [0.2, 0.25) is 0 Å². The number of rotatable bonds is 4. The first kappa shape index (κ1) is 18.5. The van der Waals surface area contributed by atoms with Gasteiger partial charge in [-0.2, -0.15) is 0 Å². The second-order valence-electron chi connectivity index (χ2n) is 7.03. The van der Waals surface area contributed by atoms with E-state index in [2.05, 4.69) is 71.3 Å². The fraction of sp³-hybridized carbons (Fsp3) is 0.435. The van der Waals surface area contributed by atoms with Gasteiger partial charge >= 0.3 is 0 Å². The van der Waals surface area contributed by atoms with Gasteiger partial charge < -0.3 is 10.6 Å². The van der Waals surface area contributed by atoms with Crippen LogP contribution in [0.25, 0.3) is 0 Å². The largest absolute Gasteiger partial charge is 0.356 e. The normalized spacial score (nSPS) is 16.3. The van der Waals surface area contributed by atoms with Gasteiger partial charge in [-0.05, 0) is 24.0 Å². The summed E-state index contributed by atoms with van der Waals surface area (Å²) in [6.45, 7) is 2.77. The van der Waals surface area contributed by atoms with Gasteiger partial charge in [-0.25, -0.2) is 0 Å². The summed E-state index contributed by atoms with van der Waals surface area (Å²) in [5.74, 6) is 1.28. The average Bonchev–Trinajstić information content (AvgIpc) is 2.76. The van der Waals surface area contributed by atoms with Crippen molar-refractivity contribution >= 4 is 5.96 Å². The number of aliphatic imine (C=N–C) groups is 1. The Balaban J connectivity index is 1.69. The molecule has 2 aromatic rings. The summed E-state index contributed by atoms with van der Waals surface area (Å²) in [6.07, 6.45) is 7.73. The number of benzene rings is 2. The predicted molar refractivity (Wildman–Crippen MR) is 111 cm³/mol. The van der Waals surface area contributed by atoms with Crippen LogP contribution in [0.5, 0.6) is 0 Å². The maximum absolute atomic E-state index is 4.78. The highest BCUT2D eigenvalue weighted by atomic mass is 15.2. The quantitative estimate of drug-likeness (QED) is 0.839. The van der Waals surface area contributed by atoms with E-state index in [1.54, 1.807) is 0 Å². The molecule has 3 nitrogen and oxygen atoms in total. The van der Waals surface area contributed by atoms with Crippen LogP contribution in [0.15, 0.2) is 65.7 Å². The first-order chi connectivity index (χ1) is 12.9. The molecule has 1 heterocycles. The SMILES string of the molecule is c1ccc(C(CNC2=NCCCCCCCCN2)c2ccccc2)cc1. The molecule has 3 heteroatoms. The fourth-order valence-corrected chi connectivity index (χ4v) is 3.51. The fourth-order valence-electron chi connectivity index (χ4n) is 3.51. The standard InChI is InChI=1S/C23H31N3/c1-2-4-12-18-25-23(24-17-11-3-1)26-19-22(20-13-7-5-8-14-20)21-15-9-6-10-16-21/h5-10,13-16,22H,1-4,11-12,17-19H2,(H2,24,25,26). The maximum atomic E-state index is 4.78. The lowest BCUT2D eigenvalue weighted by molar-refractivity contribution is 0.599. The summed E-state index contributed by atoms with van der Waals surface area (Å²) in [7, 11) is 0. The molecule has 0 saturated heterocycles. The van der Waals surface area contributed by atoms with Gasteiger partial charge in [-0.3, -0.25) is 4.99 Å². The Kier molecular flexibility index (Phi) is 7.57. The molecule has 138 valence electrons. The van der Waals surface area contributed by atoms with Crippen molar-refractivity contribution in [3.63, 3.8) is 0 Å². The molecule has 0 aromatic heterocycles. The van der Waals surface area contributed by atoms with Crippen molar-refractivity contribution in [2.45, 2.75) is 44.4 Å². The van der Waals surface area contributed by atoms with Crippen LogP contribution in [-0.4, -0.2) is 25.6 Å². The van der Waals surface area contributed by atoms with Gasteiger partial charge in [0.1, 0.15) is 0 Å². The molecule has 0 bridgehead atoms. The number of hydrogen-bond donors (Lipinski definition) is 2. The number of hydrogen-bond acceptors (Lipinski definition) is 3. The van der Waals surface area contributed by atoms with Crippen LogP contribution in [0.1, 0.15) is 55.6 Å². The molecule has 0 aliphatic carbocycles. The molecule has 2 aromatic carbocycles. The predicted octanol–water partition coefficient (Wildman–Crippen LogP) is 4.71. The molecule has 0 fully saturated rings. The first-order valence-corrected chi connectivity index (χ1v) is 10.1. The van der Waals surface area contributed by atoms with Gasteiger partial charge in [-0.1, -0.05) is 86.3 Å². The van der Waals surface area contributed by atoms with E-state index in [1.165, 1.54) is 49.7 Å². The van der Waals surface area contributed by atoms with Crippen LogP contribution < -0.4 is 10.6 Å². The number of nitrogens with one attached hydrogen (secondary N) is 2. The second-order valence-corrected chi connectivity index (χ2v) is 7.03. The Bertz CT molecular complexity index is 612. The van der Waals surface area contributed by atoms with Crippen molar-refractivity contribution < 1.29 is 0 Å². The van der Waals surface area contributed by atoms with E-state index in [0.717, 1.165) is 25.6 Å². The smallest absolute Gasteiger partial charge is 0.191 e. The highest BCUT2D eigenvalue weighted by Crippen LogP contribution is 2.23. The van der Waals surface area contributed by atoms with Crippen molar-refractivity contribution in [2.75, 3.05) is 19.6 Å². The van der Waals surface area contributed by atoms with Crippen molar-refractivity contribution in [3.05, 3.63) is 71.8 Å². The van der Waals surface area contributed by atoms with Crippen molar-refractivity contribution in [3.8, 4) is 0 Å². The molecule has 1 aliphatic rings. The highest BCUT2D eigenvalue weighted by Gasteiger charge is 2.14. The minimum absolute atomic E-state index is 0.320. The van der Waals surface area contributed by atoms with Crippen LogP contribution in [-0.2, 0) is 0 Å². The van der Waals surface area contributed by atoms with Crippen LogP contribution in [0.3, 0.4) is 0 Å². The third-order valence-electron chi connectivity index (χ3n) is 5.02. The Hall–Kier alpha value is -2.29. The van der Waals surface area contributed by atoms with Gasteiger partial charge in [0.25, 0.3) is 0 Å². The van der Waals surface area contributed by atoms with E-state index in [9.17, 15) is 0 Å². The zero-order valence-electron chi connectivity index (χ0n) is 15.7. The molecule has 26 heavy (non-hydrogen) atoms. The summed E-state index contributed by atoms with van der Waals surface area (Å²) in [6, 6.07) is 21.5. The Morgan fingerprint density at radius 2 is 1.35 bits per heavy atom. The van der Waals surface area contributed by atoms with E-state index in [1.807, 2.05) is 0 Å². The zero-order chi connectivity index (χ0) is 17.9. The zero-order valence-corrected chi connectivity index (χ0v) is 15.7. The second kappa shape index (κ2) is 10.6. The minimum atomic E-state index is 0.320. The molecule has 0 radical (unpaired) electrons. The molecule has 1 aliphatic heterocycles. The Morgan fingerprint density at radius 1 is 0.769 bits per heavy atom. The molecule has 0 amide bonds. The van der Waals surface area contributed by atoms with E-state index < -0.39 is 0 Å². The molecular weight excluding hydrogens is 318 g/mol. The number of guanidine groups is 1. The van der Waals surface area contributed by atoms with Gasteiger partial charge in [0.05, 0.1) is 0 Å². The van der Waals surface area contributed by atoms with Crippen LogP contribution in [0.2, 0.25) is 0 Å².